The van der Waals surface area contributed by atoms with Crippen molar-refractivity contribution in [3.8, 4) is 5.75 Å². The van der Waals surface area contributed by atoms with Gasteiger partial charge in [0, 0.05) is 6.20 Å². The van der Waals surface area contributed by atoms with Gasteiger partial charge in [-0.1, -0.05) is 24.3 Å². The molecule has 1 aliphatic heterocycles. The smallest absolute Gasteiger partial charge is 0.149 e. The van der Waals surface area contributed by atoms with Crippen LogP contribution in [0.2, 0.25) is 0 Å². The first-order valence-corrected chi connectivity index (χ1v) is 5.31. The number of rotatable bonds is 1. The minimum atomic E-state index is 0.847. The highest BCUT2D eigenvalue weighted by Gasteiger charge is 2.13. The van der Waals surface area contributed by atoms with Crippen LogP contribution in [-0.4, -0.2) is 4.98 Å². The number of nitrogens with zero attached hydrogens (tertiary/aromatic N) is 1. The predicted octanol–water partition coefficient (Wildman–Crippen LogP) is 3.06. The third kappa shape index (κ3) is 1.58. The first kappa shape index (κ1) is 9.16. The molecule has 2 heterocycles. The number of para-hydroxylation sites is 1. The minimum absolute atomic E-state index is 0.847. The lowest BCUT2D eigenvalue weighted by Crippen LogP contribution is -2.04. The number of ether oxygens (including phenoxy) is 1. The molecule has 2 aromatic rings. The van der Waals surface area contributed by atoms with Crippen LogP contribution in [0.5, 0.6) is 5.75 Å². The molecule has 0 bridgehead atoms. The second-order valence-corrected chi connectivity index (χ2v) is 3.70. The van der Waals surface area contributed by atoms with Crippen molar-refractivity contribution in [2.45, 2.75) is 6.42 Å². The van der Waals surface area contributed by atoms with Crippen LogP contribution in [0.3, 0.4) is 0 Å². The highest BCUT2D eigenvalue weighted by atomic mass is 16.5. The number of pyridine rings is 1. The molecular formula is C14H11NO. The van der Waals surface area contributed by atoms with Crippen molar-refractivity contribution in [3.63, 3.8) is 0 Å². The first-order chi connectivity index (χ1) is 7.93. The van der Waals surface area contributed by atoms with Gasteiger partial charge in [0.15, 0.2) is 0 Å². The maximum absolute atomic E-state index is 5.82. The Hall–Kier alpha value is -2.09. The summed E-state index contributed by atoms with van der Waals surface area (Å²) in [5.74, 6) is 1.78. The minimum Gasteiger partial charge on any atom is -0.455 e. The number of hydrogen-bond acceptors (Lipinski definition) is 2. The number of benzene rings is 1. The fraction of sp³-hybridized carbons (Fsp3) is 0.0714. The quantitative estimate of drug-likeness (QED) is 0.720. The van der Waals surface area contributed by atoms with Gasteiger partial charge in [-0.3, -0.25) is 4.98 Å². The molecule has 0 aliphatic carbocycles. The van der Waals surface area contributed by atoms with Gasteiger partial charge in [0.25, 0.3) is 0 Å². The number of allylic oxidation sites excluding steroid dienone is 1. The van der Waals surface area contributed by atoms with Crippen LogP contribution in [0, 0.1) is 0 Å². The van der Waals surface area contributed by atoms with Crippen LogP contribution in [-0.2, 0) is 6.42 Å². The number of fused-ring (bicyclic) bond motifs is 1. The van der Waals surface area contributed by atoms with Gasteiger partial charge in [0.2, 0.25) is 0 Å². The van der Waals surface area contributed by atoms with Gasteiger partial charge in [-0.25, -0.2) is 0 Å². The van der Waals surface area contributed by atoms with Crippen LogP contribution in [0.1, 0.15) is 11.3 Å². The lowest BCUT2D eigenvalue weighted by molar-refractivity contribution is 0.495. The van der Waals surface area contributed by atoms with Crippen LogP contribution < -0.4 is 4.74 Å². The molecule has 0 amide bonds. The van der Waals surface area contributed by atoms with Gasteiger partial charge in [-0.05, 0) is 36.3 Å². The summed E-state index contributed by atoms with van der Waals surface area (Å²) in [7, 11) is 0. The molecule has 0 atom stereocenters. The number of aromatic nitrogens is 1. The van der Waals surface area contributed by atoms with E-state index in [1.54, 1.807) is 6.20 Å². The Morgan fingerprint density at radius 2 is 1.88 bits per heavy atom. The summed E-state index contributed by atoms with van der Waals surface area (Å²) >= 11 is 0. The van der Waals surface area contributed by atoms with E-state index in [1.807, 2.05) is 36.4 Å². The molecular weight excluding hydrogens is 198 g/mol. The molecule has 0 fully saturated rings. The van der Waals surface area contributed by atoms with Crippen molar-refractivity contribution in [1.29, 1.82) is 0 Å². The molecule has 1 aliphatic rings. The van der Waals surface area contributed by atoms with E-state index in [0.29, 0.717) is 0 Å². The van der Waals surface area contributed by atoms with Crippen LogP contribution in [0.4, 0.5) is 0 Å². The van der Waals surface area contributed by atoms with Crippen molar-refractivity contribution in [2.75, 3.05) is 0 Å². The highest BCUT2D eigenvalue weighted by molar-refractivity contribution is 5.62. The molecule has 0 unspecified atom stereocenters. The summed E-state index contributed by atoms with van der Waals surface area (Å²) in [4.78, 5) is 4.28. The van der Waals surface area contributed by atoms with E-state index < -0.39 is 0 Å². The molecule has 1 aromatic heterocycles. The molecule has 1 aromatic carbocycles. The Kier molecular flexibility index (Phi) is 2.18. The fourth-order valence-corrected chi connectivity index (χ4v) is 1.80. The third-order valence-electron chi connectivity index (χ3n) is 2.62. The van der Waals surface area contributed by atoms with E-state index in [-0.39, 0.29) is 0 Å². The Labute approximate surface area is 94.2 Å². The molecule has 0 saturated heterocycles. The Bertz CT molecular complexity index is 531. The summed E-state index contributed by atoms with van der Waals surface area (Å²) in [6.45, 7) is 0. The molecule has 3 rings (SSSR count). The maximum Gasteiger partial charge on any atom is 0.149 e. The molecule has 2 nitrogen and oxygen atoms in total. The highest BCUT2D eigenvalue weighted by Crippen LogP contribution is 2.29. The van der Waals surface area contributed by atoms with Gasteiger partial charge >= 0.3 is 0 Å². The van der Waals surface area contributed by atoms with Crippen molar-refractivity contribution >= 4 is 5.76 Å². The molecule has 16 heavy (non-hydrogen) atoms. The van der Waals surface area contributed by atoms with Gasteiger partial charge in [-0.15, -0.1) is 0 Å². The summed E-state index contributed by atoms with van der Waals surface area (Å²) in [5.41, 5.74) is 2.11. The van der Waals surface area contributed by atoms with Gasteiger partial charge in [0.05, 0.1) is 0 Å². The maximum atomic E-state index is 5.82. The van der Waals surface area contributed by atoms with Gasteiger partial charge in [-0.2, -0.15) is 0 Å². The zero-order chi connectivity index (χ0) is 10.8. The monoisotopic (exact) mass is 209 g/mol. The zero-order valence-electron chi connectivity index (χ0n) is 8.76. The topological polar surface area (TPSA) is 22.1 Å². The molecule has 2 heteroatoms. The Morgan fingerprint density at radius 1 is 1.00 bits per heavy atom. The average molecular weight is 209 g/mol. The fourth-order valence-electron chi connectivity index (χ4n) is 1.80. The van der Waals surface area contributed by atoms with Crippen LogP contribution in [0.15, 0.2) is 54.7 Å². The predicted molar refractivity (Wildman–Crippen MR) is 63.0 cm³/mol. The SMILES string of the molecule is C1=C(c2ccccn2)Oc2ccccc2C1. The molecule has 0 saturated carbocycles. The Balaban J connectivity index is 1.95. The van der Waals surface area contributed by atoms with Crippen molar-refractivity contribution in [2.24, 2.45) is 0 Å². The molecule has 0 spiro atoms. The van der Waals surface area contributed by atoms with E-state index in [9.17, 15) is 0 Å². The van der Waals surface area contributed by atoms with E-state index in [1.165, 1.54) is 5.56 Å². The standard InChI is InChI=1S/C14H11NO/c1-2-7-13-11(5-1)8-9-14(16-13)12-6-3-4-10-15-12/h1-7,9-10H,8H2. The second-order valence-electron chi connectivity index (χ2n) is 3.70. The van der Waals surface area contributed by atoms with E-state index >= 15 is 0 Å². The summed E-state index contributed by atoms with van der Waals surface area (Å²) < 4.78 is 5.82. The number of hydrogen-bond donors (Lipinski definition) is 0. The van der Waals surface area contributed by atoms with Gasteiger partial charge < -0.3 is 4.74 Å². The van der Waals surface area contributed by atoms with E-state index in [4.69, 9.17) is 4.74 Å². The largest absolute Gasteiger partial charge is 0.455 e. The summed E-state index contributed by atoms with van der Waals surface area (Å²) in [5, 5.41) is 0. The summed E-state index contributed by atoms with van der Waals surface area (Å²) in [6, 6.07) is 13.9. The van der Waals surface area contributed by atoms with Gasteiger partial charge in [0.1, 0.15) is 17.2 Å². The first-order valence-electron chi connectivity index (χ1n) is 5.31. The Morgan fingerprint density at radius 3 is 2.75 bits per heavy atom. The van der Waals surface area contributed by atoms with Crippen molar-refractivity contribution in [3.05, 3.63) is 66.0 Å². The lowest BCUT2D eigenvalue weighted by Gasteiger charge is -2.17. The lowest BCUT2D eigenvalue weighted by atomic mass is 10.1. The molecule has 78 valence electrons. The zero-order valence-corrected chi connectivity index (χ0v) is 8.76. The normalized spacial score (nSPS) is 13.6. The molecule has 0 radical (unpaired) electrons. The van der Waals surface area contributed by atoms with Crippen molar-refractivity contribution < 1.29 is 4.74 Å². The van der Waals surface area contributed by atoms with Crippen molar-refractivity contribution in [1.82, 2.24) is 4.98 Å². The van der Waals surface area contributed by atoms with Crippen LogP contribution >= 0.6 is 0 Å². The molecule has 0 N–H and O–H groups in total. The van der Waals surface area contributed by atoms with Crippen LogP contribution in [0.25, 0.3) is 5.76 Å². The van der Waals surface area contributed by atoms with E-state index in [0.717, 1.165) is 23.6 Å². The average Bonchev–Trinajstić information content (AvgIpc) is 2.39. The third-order valence-corrected chi connectivity index (χ3v) is 2.62. The second kappa shape index (κ2) is 3.81. The summed E-state index contributed by atoms with van der Waals surface area (Å²) in [6.07, 6.45) is 4.76. The van der Waals surface area contributed by atoms with E-state index in [2.05, 4.69) is 17.1 Å².